The van der Waals surface area contributed by atoms with E-state index in [0.29, 0.717) is 5.76 Å². The second-order valence-electron chi connectivity index (χ2n) is 3.59. The number of hydrogen-bond donors (Lipinski definition) is 1. The number of hydrogen-bond acceptors (Lipinski definition) is 2. The van der Waals surface area contributed by atoms with E-state index in [2.05, 4.69) is 5.32 Å². The van der Waals surface area contributed by atoms with Crippen molar-refractivity contribution in [3.05, 3.63) is 23.7 Å². The molecule has 2 heterocycles. The molecule has 0 spiro atoms. The van der Waals surface area contributed by atoms with Crippen LogP contribution in [0, 0.1) is 6.92 Å². The number of piperazine rings is 1. The highest BCUT2D eigenvalue weighted by atomic mass is 16.3. The van der Waals surface area contributed by atoms with Gasteiger partial charge in [-0.15, -0.1) is 0 Å². The Bertz CT molecular complexity index is 327. The second kappa shape index (κ2) is 3.84. The summed E-state index contributed by atoms with van der Waals surface area (Å²) in [5.41, 5.74) is 0.921. The molecule has 0 radical (unpaired) electrons. The largest absolute Gasteiger partial charge is 0.459 e. The number of quaternary nitrogens is 1. The van der Waals surface area contributed by atoms with E-state index in [0.717, 1.165) is 31.7 Å². The predicted molar refractivity (Wildman–Crippen MR) is 51.0 cm³/mol. The summed E-state index contributed by atoms with van der Waals surface area (Å²) in [5.74, 6) is 0.521. The smallest absolute Gasteiger partial charge is 0.290 e. The van der Waals surface area contributed by atoms with Gasteiger partial charge in [-0.3, -0.25) is 4.79 Å². The van der Waals surface area contributed by atoms with Crippen LogP contribution in [0.25, 0.3) is 0 Å². The molecular weight excluding hydrogens is 180 g/mol. The fourth-order valence-electron chi connectivity index (χ4n) is 1.69. The quantitative estimate of drug-likeness (QED) is 0.663. The minimum atomic E-state index is 0.0283. The summed E-state index contributed by atoms with van der Waals surface area (Å²) in [4.78, 5) is 13.8. The van der Waals surface area contributed by atoms with Crippen molar-refractivity contribution in [3.63, 3.8) is 0 Å². The Balaban J connectivity index is 2.11. The fraction of sp³-hybridized carbons (Fsp3) is 0.500. The molecule has 14 heavy (non-hydrogen) atoms. The minimum Gasteiger partial charge on any atom is -0.459 e. The average molecular weight is 195 g/mol. The SMILES string of the molecule is Cc1ccoc1C(=O)N1CC[NH2+]CC1. The van der Waals surface area contributed by atoms with E-state index < -0.39 is 0 Å². The van der Waals surface area contributed by atoms with Gasteiger partial charge in [0.15, 0.2) is 5.76 Å². The molecule has 1 fully saturated rings. The Kier molecular flexibility index (Phi) is 2.54. The third-order valence-corrected chi connectivity index (χ3v) is 2.55. The molecule has 0 saturated carbocycles. The van der Waals surface area contributed by atoms with Crippen LogP contribution in [0.1, 0.15) is 16.1 Å². The Hall–Kier alpha value is -1.29. The van der Waals surface area contributed by atoms with E-state index in [1.54, 1.807) is 6.26 Å². The van der Waals surface area contributed by atoms with Gasteiger partial charge >= 0.3 is 0 Å². The first kappa shape index (κ1) is 9.27. The number of rotatable bonds is 1. The van der Waals surface area contributed by atoms with Crippen molar-refractivity contribution < 1.29 is 14.5 Å². The topological polar surface area (TPSA) is 50.1 Å². The van der Waals surface area contributed by atoms with Gasteiger partial charge < -0.3 is 14.6 Å². The van der Waals surface area contributed by atoms with Crippen molar-refractivity contribution in [2.75, 3.05) is 26.2 Å². The lowest BCUT2D eigenvalue weighted by atomic mass is 10.2. The maximum atomic E-state index is 11.9. The van der Waals surface area contributed by atoms with E-state index in [9.17, 15) is 4.79 Å². The number of nitrogens with two attached hydrogens (primary N) is 1. The van der Waals surface area contributed by atoms with E-state index in [1.165, 1.54) is 0 Å². The number of furan rings is 1. The maximum absolute atomic E-state index is 11.9. The number of carbonyl (C=O) groups excluding carboxylic acids is 1. The Morgan fingerprint density at radius 1 is 1.50 bits per heavy atom. The lowest BCUT2D eigenvalue weighted by Crippen LogP contribution is -2.89. The van der Waals surface area contributed by atoms with Gasteiger partial charge in [0.2, 0.25) is 0 Å². The zero-order chi connectivity index (χ0) is 9.97. The summed E-state index contributed by atoms with van der Waals surface area (Å²) in [7, 11) is 0. The molecule has 1 aromatic rings. The molecule has 1 aromatic heterocycles. The molecule has 0 atom stereocenters. The van der Waals surface area contributed by atoms with Crippen LogP contribution in [0.2, 0.25) is 0 Å². The van der Waals surface area contributed by atoms with Crippen LogP contribution in [0.4, 0.5) is 0 Å². The molecule has 2 N–H and O–H groups in total. The van der Waals surface area contributed by atoms with E-state index in [4.69, 9.17) is 4.42 Å². The molecule has 76 valence electrons. The van der Waals surface area contributed by atoms with Crippen molar-refractivity contribution >= 4 is 5.91 Å². The van der Waals surface area contributed by atoms with Crippen LogP contribution >= 0.6 is 0 Å². The summed E-state index contributed by atoms with van der Waals surface area (Å²) in [5, 5.41) is 2.22. The first-order valence-electron chi connectivity index (χ1n) is 4.94. The van der Waals surface area contributed by atoms with Crippen molar-refractivity contribution in [2.45, 2.75) is 6.92 Å². The minimum absolute atomic E-state index is 0.0283. The summed E-state index contributed by atoms with van der Waals surface area (Å²) >= 11 is 0. The van der Waals surface area contributed by atoms with Gasteiger partial charge in [0, 0.05) is 5.56 Å². The van der Waals surface area contributed by atoms with Crippen LogP contribution in [-0.2, 0) is 0 Å². The number of aryl methyl sites for hydroxylation is 1. The van der Waals surface area contributed by atoms with Crippen molar-refractivity contribution in [1.29, 1.82) is 0 Å². The van der Waals surface area contributed by atoms with Gasteiger partial charge in [0.25, 0.3) is 5.91 Å². The van der Waals surface area contributed by atoms with Gasteiger partial charge in [-0.25, -0.2) is 0 Å². The molecule has 1 aliphatic rings. The standard InChI is InChI=1S/C10H14N2O2/c1-8-2-7-14-9(8)10(13)12-5-3-11-4-6-12/h2,7,11H,3-6H2,1H3/p+1. The third-order valence-electron chi connectivity index (χ3n) is 2.55. The first-order valence-corrected chi connectivity index (χ1v) is 4.94. The number of amides is 1. The van der Waals surface area contributed by atoms with Crippen LogP contribution in [0.5, 0.6) is 0 Å². The lowest BCUT2D eigenvalue weighted by molar-refractivity contribution is -0.661. The first-order chi connectivity index (χ1) is 6.79. The number of carbonyl (C=O) groups is 1. The molecule has 2 rings (SSSR count). The van der Waals surface area contributed by atoms with Gasteiger partial charge in [0.05, 0.1) is 32.4 Å². The summed E-state index contributed by atoms with van der Waals surface area (Å²) in [6.07, 6.45) is 1.57. The van der Waals surface area contributed by atoms with Crippen LogP contribution in [0.15, 0.2) is 16.7 Å². The molecule has 1 aliphatic heterocycles. The summed E-state index contributed by atoms with van der Waals surface area (Å²) in [6.45, 7) is 5.52. The van der Waals surface area contributed by atoms with E-state index in [1.807, 2.05) is 17.9 Å². The molecule has 0 unspecified atom stereocenters. The third kappa shape index (κ3) is 1.65. The van der Waals surface area contributed by atoms with Crippen LogP contribution in [-0.4, -0.2) is 37.0 Å². The molecule has 1 amide bonds. The van der Waals surface area contributed by atoms with Gasteiger partial charge in [-0.1, -0.05) is 0 Å². The van der Waals surface area contributed by atoms with Gasteiger partial charge in [-0.2, -0.15) is 0 Å². The average Bonchev–Trinajstić information content (AvgIpc) is 2.65. The van der Waals surface area contributed by atoms with E-state index in [-0.39, 0.29) is 5.91 Å². The number of nitrogens with zero attached hydrogens (tertiary/aromatic N) is 1. The second-order valence-corrected chi connectivity index (χ2v) is 3.59. The molecule has 0 aliphatic carbocycles. The molecular formula is C10H15N2O2+. The molecule has 4 nitrogen and oxygen atoms in total. The molecule has 1 saturated heterocycles. The zero-order valence-corrected chi connectivity index (χ0v) is 8.32. The van der Waals surface area contributed by atoms with Crippen molar-refractivity contribution in [2.24, 2.45) is 0 Å². The highest BCUT2D eigenvalue weighted by Crippen LogP contribution is 2.11. The molecule has 0 bridgehead atoms. The summed E-state index contributed by atoms with van der Waals surface area (Å²) in [6, 6.07) is 1.82. The van der Waals surface area contributed by atoms with Gasteiger partial charge in [0.1, 0.15) is 0 Å². The summed E-state index contributed by atoms with van der Waals surface area (Å²) < 4.78 is 5.18. The van der Waals surface area contributed by atoms with E-state index >= 15 is 0 Å². The fourth-order valence-corrected chi connectivity index (χ4v) is 1.69. The Morgan fingerprint density at radius 3 is 2.79 bits per heavy atom. The van der Waals surface area contributed by atoms with Crippen molar-refractivity contribution in [1.82, 2.24) is 4.90 Å². The highest BCUT2D eigenvalue weighted by Gasteiger charge is 2.22. The Labute approximate surface area is 82.9 Å². The lowest BCUT2D eigenvalue weighted by Gasteiger charge is -2.24. The van der Waals surface area contributed by atoms with Crippen molar-refractivity contribution in [3.8, 4) is 0 Å². The maximum Gasteiger partial charge on any atom is 0.290 e. The normalized spacial score (nSPS) is 17.1. The Morgan fingerprint density at radius 2 is 2.21 bits per heavy atom. The molecule has 4 heteroatoms. The highest BCUT2D eigenvalue weighted by molar-refractivity contribution is 5.92. The van der Waals surface area contributed by atoms with Crippen LogP contribution < -0.4 is 5.32 Å². The zero-order valence-electron chi connectivity index (χ0n) is 8.32. The van der Waals surface area contributed by atoms with Crippen LogP contribution in [0.3, 0.4) is 0 Å². The predicted octanol–water partition coefficient (Wildman–Crippen LogP) is -0.393. The molecule has 0 aromatic carbocycles. The monoisotopic (exact) mass is 195 g/mol. The van der Waals surface area contributed by atoms with Gasteiger partial charge in [-0.05, 0) is 13.0 Å².